The maximum atomic E-state index is 11.9. The van der Waals surface area contributed by atoms with Gasteiger partial charge in [0.25, 0.3) is 0 Å². The average molecular weight is 237 g/mol. The quantitative estimate of drug-likeness (QED) is 0.820. The van der Waals surface area contributed by atoms with Crippen LogP contribution in [-0.2, 0) is 11.3 Å². The Balaban J connectivity index is 1.87. The highest BCUT2D eigenvalue weighted by molar-refractivity contribution is 5.79. The molecule has 2 N–H and O–H groups in total. The van der Waals surface area contributed by atoms with Crippen molar-refractivity contribution in [2.45, 2.75) is 33.2 Å². The van der Waals surface area contributed by atoms with E-state index in [1.165, 1.54) is 0 Å². The summed E-state index contributed by atoms with van der Waals surface area (Å²) < 4.78 is 5.06. The summed E-state index contributed by atoms with van der Waals surface area (Å²) in [5.41, 5.74) is 1.84. The van der Waals surface area contributed by atoms with Crippen LogP contribution in [-0.4, -0.2) is 24.2 Å². The molecule has 17 heavy (non-hydrogen) atoms. The van der Waals surface area contributed by atoms with Crippen molar-refractivity contribution >= 4 is 5.91 Å². The van der Waals surface area contributed by atoms with E-state index in [0.717, 1.165) is 42.9 Å². The minimum Gasteiger partial charge on any atom is -0.361 e. The van der Waals surface area contributed by atoms with Crippen LogP contribution in [0.5, 0.6) is 0 Å². The first-order chi connectivity index (χ1) is 8.18. The zero-order valence-electron chi connectivity index (χ0n) is 10.4. The van der Waals surface area contributed by atoms with Gasteiger partial charge in [-0.15, -0.1) is 0 Å². The van der Waals surface area contributed by atoms with Crippen LogP contribution in [0.2, 0.25) is 0 Å². The van der Waals surface area contributed by atoms with Crippen LogP contribution in [0, 0.1) is 19.8 Å². The highest BCUT2D eigenvalue weighted by Gasteiger charge is 2.21. The summed E-state index contributed by atoms with van der Waals surface area (Å²) in [6, 6.07) is 0. The van der Waals surface area contributed by atoms with Gasteiger partial charge in [-0.1, -0.05) is 5.16 Å². The van der Waals surface area contributed by atoms with Gasteiger partial charge >= 0.3 is 0 Å². The molecule has 1 aliphatic heterocycles. The Morgan fingerprint density at radius 3 is 3.00 bits per heavy atom. The Morgan fingerprint density at radius 1 is 1.59 bits per heavy atom. The monoisotopic (exact) mass is 237 g/mol. The second-order valence-electron chi connectivity index (χ2n) is 4.56. The van der Waals surface area contributed by atoms with Gasteiger partial charge < -0.3 is 15.2 Å². The first-order valence-corrected chi connectivity index (χ1v) is 6.08. The largest absolute Gasteiger partial charge is 0.361 e. The molecule has 1 aromatic heterocycles. The molecule has 1 fully saturated rings. The number of amides is 1. The summed E-state index contributed by atoms with van der Waals surface area (Å²) in [6.45, 7) is 6.07. The molecule has 5 heteroatoms. The number of nitrogens with one attached hydrogen (secondary N) is 2. The number of aromatic nitrogens is 1. The van der Waals surface area contributed by atoms with Crippen LogP contribution in [0.4, 0.5) is 0 Å². The van der Waals surface area contributed by atoms with Gasteiger partial charge in [0.05, 0.1) is 11.6 Å². The molecule has 1 amide bonds. The summed E-state index contributed by atoms with van der Waals surface area (Å²) in [7, 11) is 0. The van der Waals surface area contributed by atoms with Crippen LogP contribution < -0.4 is 10.6 Å². The van der Waals surface area contributed by atoms with E-state index < -0.39 is 0 Å². The standard InChI is InChI=1S/C12H19N3O2/c1-8-11(9(2)17-15-8)7-14-12(16)10-4-3-5-13-6-10/h10,13H,3-7H2,1-2H3,(H,14,16)/t10-/m1/s1. The van der Waals surface area contributed by atoms with Crippen LogP contribution >= 0.6 is 0 Å². The Morgan fingerprint density at radius 2 is 2.41 bits per heavy atom. The third-order valence-corrected chi connectivity index (χ3v) is 3.29. The average Bonchev–Trinajstić information content (AvgIpc) is 2.67. The topological polar surface area (TPSA) is 67.2 Å². The SMILES string of the molecule is Cc1noc(C)c1CNC(=O)[C@@H]1CCCNC1. The fourth-order valence-corrected chi connectivity index (χ4v) is 2.15. The number of carbonyl (C=O) groups excluding carboxylic acids is 1. The summed E-state index contributed by atoms with van der Waals surface area (Å²) in [5.74, 6) is 1.01. The maximum Gasteiger partial charge on any atom is 0.224 e. The van der Waals surface area contributed by atoms with Gasteiger partial charge in [-0.2, -0.15) is 0 Å². The molecule has 1 saturated heterocycles. The van der Waals surface area contributed by atoms with Crippen LogP contribution in [0.1, 0.15) is 29.9 Å². The van der Waals surface area contributed by atoms with Gasteiger partial charge in [0.2, 0.25) is 5.91 Å². The van der Waals surface area contributed by atoms with E-state index in [0.29, 0.717) is 6.54 Å². The third kappa shape index (κ3) is 2.85. The number of carbonyl (C=O) groups is 1. The molecule has 0 aromatic carbocycles. The zero-order valence-corrected chi connectivity index (χ0v) is 10.4. The molecule has 0 unspecified atom stereocenters. The normalized spacial score (nSPS) is 20.2. The van der Waals surface area contributed by atoms with Gasteiger partial charge in [0.15, 0.2) is 0 Å². The van der Waals surface area contributed by atoms with Gasteiger partial charge in [-0.05, 0) is 33.2 Å². The van der Waals surface area contributed by atoms with Crippen molar-refractivity contribution in [2.24, 2.45) is 5.92 Å². The van der Waals surface area contributed by atoms with Crippen molar-refractivity contribution in [3.8, 4) is 0 Å². The summed E-state index contributed by atoms with van der Waals surface area (Å²) in [5, 5.41) is 10.1. The molecule has 0 saturated carbocycles. The van der Waals surface area contributed by atoms with Gasteiger partial charge in [-0.3, -0.25) is 4.79 Å². The summed E-state index contributed by atoms with van der Waals surface area (Å²) >= 11 is 0. The zero-order chi connectivity index (χ0) is 12.3. The summed E-state index contributed by atoms with van der Waals surface area (Å²) in [6.07, 6.45) is 2.05. The van der Waals surface area contributed by atoms with Crippen LogP contribution in [0.25, 0.3) is 0 Å². The lowest BCUT2D eigenvalue weighted by molar-refractivity contribution is -0.125. The molecular weight excluding hydrogens is 218 g/mol. The number of aryl methyl sites for hydroxylation is 2. The van der Waals surface area contributed by atoms with Crippen molar-refractivity contribution in [1.82, 2.24) is 15.8 Å². The summed E-state index contributed by atoms with van der Waals surface area (Å²) in [4.78, 5) is 11.9. The minimum atomic E-state index is 0.101. The highest BCUT2D eigenvalue weighted by atomic mass is 16.5. The smallest absolute Gasteiger partial charge is 0.224 e. The fraction of sp³-hybridized carbons (Fsp3) is 0.667. The van der Waals surface area contributed by atoms with Gasteiger partial charge in [0.1, 0.15) is 5.76 Å². The predicted octanol–water partition coefficient (Wildman–Crippen LogP) is 0.907. The number of nitrogens with zero attached hydrogens (tertiary/aromatic N) is 1. The lowest BCUT2D eigenvalue weighted by Gasteiger charge is -2.21. The molecule has 1 aromatic rings. The Bertz CT molecular complexity index is 375. The molecular formula is C12H19N3O2. The number of rotatable bonds is 3. The van der Waals surface area contributed by atoms with E-state index in [1.807, 2.05) is 13.8 Å². The Labute approximate surface area is 101 Å². The second-order valence-corrected chi connectivity index (χ2v) is 4.56. The van der Waals surface area contributed by atoms with Crippen molar-refractivity contribution < 1.29 is 9.32 Å². The predicted molar refractivity (Wildman–Crippen MR) is 63.4 cm³/mol. The van der Waals surface area contributed by atoms with Crippen molar-refractivity contribution in [3.63, 3.8) is 0 Å². The molecule has 1 atom stereocenters. The van der Waals surface area contributed by atoms with E-state index in [2.05, 4.69) is 15.8 Å². The first-order valence-electron chi connectivity index (χ1n) is 6.08. The molecule has 1 aliphatic rings. The fourth-order valence-electron chi connectivity index (χ4n) is 2.15. The molecule has 2 rings (SSSR count). The Kier molecular flexibility index (Phi) is 3.78. The molecule has 94 valence electrons. The molecule has 0 radical (unpaired) electrons. The van der Waals surface area contributed by atoms with Crippen LogP contribution in [0.3, 0.4) is 0 Å². The minimum absolute atomic E-state index is 0.101. The Hall–Kier alpha value is -1.36. The van der Waals surface area contributed by atoms with Crippen LogP contribution in [0.15, 0.2) is 4.52 Å². The van der Waals surface area contributed by atoms with E-state index in [-0.39, 0.29) is 11.8 Å². The maximum absolute atomic E-state index is 11.9. The number of hydrogen-bond donors (Lipinski definition) is 2. The molecule has 0 bridgehead atoms. The molecule has 0 spiro atoms. The lowest BCUT2D eigenvalue weighted by atomic mass is 9.99. The lowest BCUT2D eigenvalue weighted by Crippen LogP contribution is -2.40. The van der Waals surface area contributed by atoms with E-state index >= 15 is 0 Å². The first kappa shape index (κ1) is 12.1. The second kappa shape index (κ2) is 5.31. The van der Waals surface area contributed by atoms with Gasteiger partial charge in [-0.25, -0.2) is 0 Å². The number of piperidine rings is 1. The van der Waals surface area contributed by atoms with E-state index in [4.69, 9.17) is 4.52 Å². The van der Waals surface area contributed by atoms with Crippen molar-refractivity contribution in [3.05, 3.63) is 17.0 Å². The molecule has 5 nitrogen and oxygen atoms in total. The molecule has 0 aliphatic carbocycles. The highest BCUT2D eigenvalue weighted by Crippen LogP contribution is 2.13. The van der Waals surface area contributed by atoms with Crippen molar-refractivity contribution in [1.29, 1.82) is 0 Å². The third-order valence-electron chi connectivity index (χ3n) is 3.29. The molecule has 2 heterocycles. The van der Waals surface area contributed by atoms with E-state index in [9.17, 15) is 4.79 Å². The van der Waals surface area contributed by atoms with Crippen molar-refractivity contribution in [2.75, 3.05) is 13.1 Å². The van der Waals surface area contributed by atoms with Gasteiger partial charge in [0, 0.05) is 18.7 Å². The van der Waals surface area contributed by atoms with E-state index in [1.54, 1.807) is 0 Å². The number of hydrogen-bond acceptors (Lipinski definition) is 4.